The molecule has 3 aromatic heterocycles. The minimum absolute atomic E-state index is 0.148. The molecule has 0 amide bonds. The molecule has 1 unspecified atom stereocenters. The van der Waals surface area contributed by atoms with E-state index in [-0.39, 0.29) is 6.23 Å². The predicted octanol–water partition coefficient (Wildman–Crippen LogP) is 3.32. The molecule has 0 saturated heterocycles. The van der Waals surface area contributed by atoms with Gasteiger partial charge in [0.05, 0.1) is 23.6 Å². The van der Waals surface area contributed by atoms with E-state index >= 15 is 0 Å². The molecule has 30 heavy (non-hydrogen) atoms. The molecule has 1 atom stereocenters. The van der Waals surface area contributed by atoms with Crippen molar-refractivity contribution in [1.82, 2.24) is 29.5 Å². The van der Waals surface area contributed by atoms with E-state index in [0.717, 1.165) is 22.2 Å². The number of hydrogen-bond donors (Lipinski definition) is 0. The third-order valence-corrected chi connectivity index (χ3v) is 5.20. The van der Waals surface area contributed by atoms with Crippen LogP contribution in [-0.4, -0.2) is 56.1 Å². The van der Waals surface area contributed by atoms with Crippen LogP contribution in [0.3, 0.4) is 0 Å². The van der Waals surface area contributed by atoms with Crippen LogP contribution >= 0.6 is 11.6 Å². The van der Waals surface area contributed by atoms with E-state index < -0.39 is 0 Å². The lowest BCUT2D eigenvalue weighted by Crippen LogP contribution is -2.16. The van der Waals surface area contributed by atoms with Crippen molar-refractivity contribution in [1.29, 1.82) is 0 Å². The van der Waals surface area contributed by atoms with Gasteiger partial charge in [-0.05, 0) is 18.2 Å². The van der Waals surface area contributed by atoms with Crippen molar-refractivity contribution >= 4 is 51.7 Å². The number of ether oxygens (including phenoxy) is 1. The van der Waals surface area contributed by atoms with Crippen LogP contribution in [0.15, 0.2) is 48.0 Å². The van der Waals surface area contributed by atoms with Crippen molar-refractivity contribution in [2.75, 3.05) is 19.1 Å². The van der Waals surface area contributed by atoms with E-state index in [1.165, 1.54) is 0 Å². The number of hydrogen-bond acceptors (Lipinski definition) is 8. The molecule has 0 fully saturated rings. The highest BCUT2D eigenvalue weighted by Crippen LogP contribution is 2.31. The summed E-state index contributed by atoms with van der Waals surface area (Å²) in [5, 5.41) is 9.58. The fourth-order valence-electron chi connectivity index (χ4n) is 3.38. The van der Waals surface area contributed by atoms with Gasteiger partial charge in [-0.2, -0.15) is 4.98 Å². The molecule has 1 aliphatic rings. The number of halogens is 1. The van der Waals surface area contributed by atoms with E-state index in [1.807, 2.05) is 36.2 Å². The summed E-state index contributed by atoms with van der Waals surface area (Å²) in [4.78, 5) is 20.1. The van der Waals surface area contributed by atoms with Crippen molar-refractivity contribution in [3.8, 4) is 0 Å². The smallest absolute Gasteiger partial charge is 0.257 e. The average molecular weight is 421 g/mol. The molecular formula is C20H17ClN8O. The van der Waals surface area contributed by atoms with Gasteiger partial charge in [0.1, 0.15) is 12.1 Å². The number of methoxy groups -OCH3 is 1. The van der Waals surface area contributed by atoms with Crippen molar-refractivity contribution in [3.63, 3.8) is 0 Å². The molecule has 1 aliphatic heterocycles. The highest BCUT2D eigenvalue weighted by Gasteiger charge is 2.17. The summed E-state index contributed by atoms with van der Waals surface area (Å²) in [5.41, 5.74) is 2.49. The summed E-state index contributed by atoms with van der Waals surface area (Å²) < 4.78 is 7.06. The number of fused-ring (bicyclic) bond motifs is 3. The second kappa shape index (κ2) is 7.43. The van der Waals surface area contributed by atoms with Crippen molar-refractivity contribution in [2.45, 2.75) is 12.6 Å². The molecule has 1 aromatic carbocycles. The Hall–Kier alpha value is -3.43. The fourth-order valence-corrected chi connectivity index (χ4v) is 3.54. The highest BCUT2D eigenvalue weighted by atomic mass is 35.5. The molecule has 4 aromatic rings. The summed E-state index contributed by atoms with van der Waals surface area (Å²) in [6.07, 6.45) is 9.39. The maximum Gasteiger partial charge on any atom is 0.257 e. The van der Waals surface area contributed by atoms with Crippen LogP contribution in [0.2, 0.25) is 5.02 Å². The Balaban J connectivity index is 1.58. The normalized spacial score (nSPS) is 16.2. The standard InChI is InChI=1S/C20H17ClN8O/c1-28(17-10-22-9-15(25-17)12-3-6-18(30-2)23-8-12)19-14-5-4-13(21)7-16(14)29-11-24-27-20(29)26-19/h3-5,7-11,18H,6H2,1-2H3. The summed E-state index contributed by atoms with van der Waals surface area (Å²) >= 11 is 6.22. The third-order valence-electron chi connectivity index (χ3n) is 4.97. The van der Waals surface area contributed by atoms with E-state index in [1.54, 1.807) is 36.4 Å². The number of aromatic nitrogens is 6. The summed E-state index contributed by atoms with van der Waals surface area (Å²) in [6, 6.07) is 5.62. The van der Waals surface area contributed by atoms with Crippen LogP contribution < -0.4 is 4.90 Å². The van der Waals surface area contributed by atoms with Crippen molar-refractivity contribution in [2.24, 2.45) is 4.99 Å². The first-order valence-electron chi connectivity index (χ1n) is 9.25. The van der Waals surface area contributed by atoms with Gasteiger partial charge in [0.2, 0.25) is 0 Å². The fraction of sp³-hybridized carbons (Fsp3) is 0.200. The maximum atomic E-state index is 6.22. The van der Waals surface area contributed by atoms with Gasteiger partial charge >= 0.3 is 0 Å². The highest BCUT2D eigenvalue weighted by molar-refractivity contribution is 6.31. The molecule has 0 spiro atoms. The quantitative estimate of drug-likeness (QED) is 0.499. The second-order valence-corrected chi connectivity index (χ2v) is 7.22. The number of dihydropyridines is 1. The zero-order valence-electron chi connectivity index (χ0n) is 16.3. The Morgan fingerprint density at radius 2 is 2.13 bits per heavy atom. The van der Waals surface area contributed by atoms with Gasteiger partial charge in [-0.3, -0.25) is 14.4 Å². The predicted molar refractivity (Wildman–Crippen MR) is 115 cm³/mol. The van der Waals surface area contributed by atoms with Gasteiger partial charge < -0.3 is 9.64 Å². The lowest BCUT2D eigenvalue weighted by molar-refractivity contribution is 0.113. The topological polar surface area (TPSA) is 93.7 Å². The van der Waals surface area contributed by atoms with Gasteiger partial charge in [0, 0.05) is 42.8 Å². The zero-order chi connectivity index (χ0) is 20.7. The molecule has 0 N–H and O–H groups in total. The molecule has 5 rings (SSSR count). The summed E-state index contributed by atoms with van der Waals surface area (Å²) in [6.45, 7) is 0. The van der Waals surface area contributed by atoms with Gasteiger partial charge in [0.25, 0.3) is 5.78 Å². The first-order valence-corrected chi connectivity index (χ1v) is 9.63. The van der Waals surface area contributed by atoms with E-state index in [0.29, 0.717) is 28.9 Å². The van der Waals surface area contributed by atoms with Crippen LogP contribution in [0.5, 0.6) is 0 Å². The van der Waals surface area contributed by atoms with Gasteiger partial charge in [-0.1, -0.05) is 17.7 Å². The first-order chi connectivity index (χ1) is 14.6. The number of nitrogens with zero attached hydrogens (tertiary/aromatic N) is 8. The Bertz CT molecular complexity index is 1310. The van der Waals surface area contributed by atoms with Gasteiger partial charge in [0.15, 0.2) is 12.0 Å². The largest absolute Gasteiger partial charge is 0.359 e. The Morgan fingerprint density at radius 3 is 2.93 bits per heavy atom. The SMILES string of the molecule is COC1CC=C(c2cncc(N(C)c3nc4nncn4c4cc(Cl)ccc34)n2)C=N1. The molecule has 0 bridgehead atoms. The first kappa shape index (κ1) is 18.6. The summed E-state index contributed by atoms with van der Waals surface area (Å²) in [5.74, 6) is 1.80. The zero-order valence-corrected chi connectivity index (χ0v) is 17.0. The average Bonchev–Trinajstić information content (AvgIpc) is 3.27. The van der Waals surface area contributed by atoms with E-state index in [4.69, 9.17) is 21.3 Å². The number of anilines is 2. The van der Waals surface area contributed by atoms with Crippen LogP contribution in [0, 0.1) is 0 Å². The van der Waals surface area contributed by atoms with Crippen molar-refractivity contribution < 1.29 is 4.74 Å². The van der Waals surface area contributed by atoms with Crippen LogP contribution in [0.1, 0.15) is 12.1 Å². The van der Waals surface area contributed by atoms with E-state index in [9.17, 15) is 0 Å². The minimum Gasteiger partial charge on any atom is -0.359 e. The molecule has 10 heteroatoms. The minimum atomic E-state index is -0.148. The monoisotopic (exact) mass is 420 g/mol. The van der Waals surface area contributed by atoms with Crippen LogP contribution in [-0.2, 0) is 4.74 Å². The number of rotatable bonds is 4. The Labute approximate surface area is 176 Å². The lowest BCUT2D eigenvalue weighted by Gasteiger charge is -2.20. The van der Waals surface area contributed by atoms with Crippen LogP contribution in [0.25, 0.3) is 22.3 Å². The third kappa shape index (κ3) is 3.17. The van der Waals surface area contributed by atoms with Gasteiger partial charge in [-0.15, -0.1) is 10.2 Å². The summed E-state index contributed by atoms with van der Waals surface area (Å²) in [7, 11) is 3.54. The van der Waals surface area contributed by atoms with Crippen molar-refractivity contribution in [3.05, 3.63) is 53.7 Å². The Morgan fingerprint density at radius 1 is 1.23 bits per heavy atom. The molecule has 9 nitrogen and oxygen atoms in total. The lowest BCUT2D eigenvalue weighted by atomic mass is 10.1. The molecule has 0 aliphatic carbocycles. The Kier molecular flexibility index (Phi) is 4.61. The molecule has 4 heterocycles. The van der Waals surface area contributed by atoms with Gasteiger partial charge in [-0.25, -0.2) is 4.98 Å². The maximum absolute atomic E-state index is 6.22. The molecule has 0 radical (unpaired) electrons. The number of aliphatic imine (C=N–C) groups is 1. The number of allylic oxidation sites excluding steroid dienone is 1. The number of benzene rings is 1. The van der Waals surface area contributed by atoms with Crippen LogP contribution in [0.4, 0.5) is 11.6 Å². The molecule has 150 valence electrons. The second-order valence-electron chi connectivity index (χ2n) is 6.78. The molecule has 0 saturated carbocycles. The van der Waals surface area contributed by atoms with E-state index in [2.05, 4.69) is 25.2 Å². The molecular weight excluding hydrogens is 404 g/mol.